The highest BCUT2D eigenvalue weighted by Crippen LogP contribution is 2.28. The van der Waals surface area contributed by atoms with E-state index in [2.05, 4.69) is 42.4 Å². The second-order valence-corrected chi connectivity index (χ2v) is 7.31. The van der Waals surface area contributed by atoms with E-state index in [1.54, 1.807) is 25.5 Å². The number of hydrogen-bond donors (Lipinski definition) is 2. The lowest BCUT2D eigenvalue weighted by Crippen LogP contribution is -2.35. The van der Waals surface area contributed by atoms with Gasteiger partial charge in [0.05, 0.1) is 0 Å². The Hall–Kier alpha value is -2.00. The van der Waals surface area contributed by atoms with Crippen LogP contribution in [0.15, 0.2) is 34.7 Å². The molecule has 1 fully saturated rings. The summed E-state index contributed by atoms with van der Waals surface area (Å²) in [6.07, 6.45) is 5.88. The molecule has 0 unspecified atom stereocenters. The van der Waals surface area contributed by atoms with Gasteiger partial charge < -0.3 is 15.5 Å². The van der Waals surface area contributed by atoms with Gasteiger partial charge in [-0.3, -0.25) is 0 Å². The quantitative estimate of drug-likeness (QED) is 0.476. The average Bonchev–Trinajstić information content (AvgIpc) is 2.62. The summed E-state index contributed by atoms with van der Waals surface area (Å²) in [6, 6.07) is 3.79. The van der Waals surface area contributed by atoms with E-state index in [-0.39, 0.29) is 0 Å². The van der Waals surface area contributed by atoms with Gasteiger partial charge in [0.2, 0.25) is 5.95 Å². The van der Waals surface area contributed by atoms with Gasteiger partial charge in [-0.15, -0.1) is 0 Å². The molecule has 0 radical (unpaired) electrons. The fourth-order valence-corrected chi connectivity index (χ4v) is 3.48. The van der Waals surface area contributed by atoms with Crippen molar-refractivity contribution in [3.05, 3.63) is 24.5 Å². The van der Waals surface area contributed by atoms with E-state index in [1.807, 2.05) is 6.07 Å². The van der Waals surface area contributed by atoms with Crippen molar-refractivity contribution in [1.29, 1.82) is 0 Å². The predicted molar refractivity (Wildman–Crippen MR) is 104 cm³/mol. The summed E-state index contributed by atoms with van der Waals surface area (Å²) in [5, 5.41) is 7.83. The minimum Gasteiger partial charge on any atom is -0.365 e. The summed E-state index contributed by atoms with van der Waals surface area (Å²) >= 11 is 6.59. The fraction of sp³-hybridized carbons (Fsp3) is 0.438. The van der Waals surface area contributed by atoms with Crippen LogP contribution < -0.4 is 15.5 Å². The highest BCUT2D eigenvalue weighted by Gasteiger charge is 2.19. The van der Waals surface area contributed by atoms with Gasteiger partial charge in [0.15, 0.2) is 10.3 Å². The third kappa shape index (κ3) is 4.99. The molecule has 1 atom stereocenters. The van der Waals surface area contributed by atoms with E-state index < -0.39 is 0 Å². The Morgan fingerprint density at radius 1 is 1.32 bits per heavy atom. The van der Waals surface area contributed by atoms with Gasteiger partial charge in [0.25, 0.3) is 0 Å². The number of hydrogen-bond acceptors (Lipinski definition) is 7. The van der Waals surface area contributed by atoms with Crippen LogP contribution in [0.2, 0.25) is 0 Å². The molecule has 0 amide bonds. The number of anilines is 2. The number of aromatic nitrogens is 4. The molecule has 3 heterocycles. The van der Waals surface area contributed by atoms with E-state index in [0.29, 0.717) is 22.1 Å². The molecular formula is C16H21N7S2. The molecule has 1 aliphatic rings. The SMILES string of the molecule is CNC(=S)Nc1nc(Sc2ncccn2)cc(N2CCC[C@H](C)C2)n1. The zero-order chi connectivity index (χ0) is 17.6. The first-order valence-electron chi connectivity index (χ1n) is 8.21. The van der Waals surface area contributed by atoms with E-state index >= 15 is 0 Å². The molecule has 1 aliphatic heterocycles. The predicted octanol–water partition coefficient (Wildman–Crippen LogP) is 2.57. The number of nitrogens with one attached hydrogen (secondary N) is 2. The summed E-state index contributed by atoms with van der Waals surface area (Å²) < 4.78 is 0. The highest BCUT2D eigenvalue weighted by molar-refractivity contribution is 7.99. The van der Waals surface area contributed by atoms with Crippen molar-refractivity contribution in [3.8, 4) is 0 Å². The number of nitrogens with zero attached hydrogens (tertiary/aromatic N) is 5. The average molecular weight is 376 g/mol. The van der Waals surface area contributed by atoms with Crippen LogP contribution in [-0.4, -0.2) is 45.2 Å². The van der Waals surface area contributed by atoms with E-state index in [4.69, 9.17) is 12.2 Å². The molecule has 2 aromatic heterocycles. The molecule has 2 N–H and O–H groups in total. The molecule has 0 bridgehead atoms. The molecule has 2 aromatic rings. The molecule has 0 aromatic carbocycles. The summed E-state index contributed by atoms with van der Waals surface area (Å²) in [5.74, 6) is 2.04. The maximum absolute atomic E-state index is 5.18. The Labute approximate surface area is 157 Å². The summed E-state index contributed by atoms with van der Waals surface area (Å²) in [4.78, 5) is 20.0. The largest absolute Gasteiger partial charge is 0.365 e. The molecule has 0 saturated carbocycles. The Morgan fingerprint density at radius 2 is 2.12 bits per heavy atom. The normalized spacial score (nSPS) is 17.2. The number of piperidine rings is 1. The monoisotopic (exact) mass is 375 g/mol. The molecule has 132 valence electrons. The van der Waals surface area contributed by atoms with Crippen molar-refractivity contribution in [2.75, 3.05) is 30.4 Å². The van der Waals surface area contributed by atoms with Crippen LogP contribution in [-0.2, 0) is 0 Å². The molecule has 25 heavy (non-hydrogen) atoms. The number of thiocarbonyl (C=S) groups is 1. The van der Waals surface area contributed by atoms with Crippen LogP contribution in [0.5, 0.6) is 0 Å². The van der Waals surface area contributed by atoms with E-state index in [9.17, 15) is 0 Å². The molecule has 0 aliphatic carbocycles. The third-order valence-electron chi connectivity index (χ3n) is 3.86. The smallest absolute Gasteiger partial charge is 0.232 e. The van der Waals surface area contributed by atoms with E-state index in [1.165, 1.54) is 24.6 Å². The van der Waals surface area contributed by atoms with E-state index in [0.717, 1.165) is 23.9 Å². The molecule has 9 heteroatoms. The lowest BCUT2D eigenvalue weighted by Gasteiger charge is -2.32. The lowest BCUT2D eigenvalue weighted by molar-refractivity contribution is 0.444. The van der Waals surface area contributed by atoms with Crippen molar-refractivity contribution in [1.82, 2.24) is 25.3 Å². The minimum atomic E-state index is 0.480. The maximum Gasteiger partial charge on any atom is 0.232 e. The summed E-state index contributed by atoms with van der Waals surface area (Å²) in [7, 11) is 1.76. The van der Waals surface area contributed by atoms with Gasteiger partial charge in [-0.1, -0.05) is 6.92 Å². The first kappa shape index (κ1) is 17.8. The van der Waals surface area contributed by atoms with Crippen LogP contribution in [0.25, 0.3) is 0 Å². The van der Waals surface area contributed by atoms with Crippen LogP contribution in [0.4, 0.5) is 11.8 Å². The van der Waals surface area contributed by atoms with Crippen molar-refractivity contribution in [2.45, 2.75) is 29.9 Å². The van der Waals surface area contributed by atoms with Gasteiger partial charge in [-0.25, -0.2) is 15.0 Å². The standard InChI is InChI=1S/C16H21N7S2/c1-11-5-3-8-23(10-11)12-9-13(25-16-18-6-4-7-19-16)21-14(20-12)22-15(24)17-2/h4,6-7,9,11H,3,5,8,10H2,1-2H3,(H2,17,20,21,22,24)/t11-/m0/s1. The van der Waals surface area contributed by atoms with Gasteiger partial charge in [-0.2, -0.15) is 4.98 Å². The van der Waals surface area contributed by atoms with Crippen molar-refractivity contribution < 1.29 is 0 Å². The van der Waals surface area contributed by atoms with Gasteiger partial charge in [-0.05, 0) is 48.8 Å². The Bertz CT molecular complexity index is 726. The Morgan fingerprint density at radius 3 is 2.84 bits per heavy atom. The summed E-state index contributed by atoms with van der Waals surface area (Å²) in [5.41, 5.74) is 0. The van der Waals surface area contributed by atoms with Crippen molar-refractivity contribution in [2.24, 2.45) is 5.92 Å². The second kappa shape index (κ2) is 8.39. The Kier molecular flexibility index (Phi) is 5.98. The molecular weight excluding hydrogens is 354 g/mol. The van der Waals surface area contributed by atoms with Crippen LogP contribution in [0.3, 0.4) is 0 Å². The molecule has 3 rings (SSSR count). The Balaban J connectivity index is 1.88. The van der Waals surface area contributed by atoms with Crippen LogP contribution in [0.1, 0.15) is 19.8 Å². The van der Waals surface area contributed by atoms with Gasteiger partial charge in [0.1, 0.15) is 10.8 Å². The van der Waals surface area contributed by atoms with Crippen LogP contribution in [0, 0.1) is 5.92 Å². The highest BCUT2D eigenvalue weighted by atomic mass is 32.2. The zero-order valence-corrected chi connectivity index (χ0v) is 15.9. The maximum atomic E-state index is 5.18. The molecule has 7 nitrogen and oxygen atoms in total. The topological polar surface area (TPSA) is 78.9 Å². The minimum absolute atomic E-state index is 0.480. The van der Waals surface area contributed by atoms with Gasteiger partial charge in [0, 0.05) is 38.6 Å². The van der Waals surface area contributed by atoms with Crippen LogP contribution >= 0.6 is 24.0 Å². The number of rotatable bonds is 4. The third-order valence-corrected chi connectivity index (χ3v) is 4.98. The molecule has 1 saturated heterocycles. The van der Waals surface area contributed by atoms with Crippen molar-refractivity contribution in [3.63, 3.8) is 0 Å². The summed E-state index contributed by atoms with van der Waals surface area (Å²) in [6.45, 7) is 4.28. The fourth-order valence-electron chi connectivity index (χ4n) is 2.68. The van der Waals surface area contributed by atoms with Gasteiger partial charge >= 0.3 is 0 Å². The molecule has 0 spiro atoms. The second-order valence-electron chi connectivity index (χ2n) is 5.92. The zero-order valence-electron chi connectivity index (χ0n) is 14.3. The lowest BCUT2D eigenvalue weighted by atomic mass is 10.0. The van der Waals surface area contributed by atoms with Crippen molar-refractivity contribution >= 4 is 40.9 Å². The first-order chi connectivity index (χ1) is 12.1. The first-order valence-corrected chi connectivity index (χ1v) is 9.44.